The van der Waals surface area contributed by atoms with Gasteiger partial charge >= 0.3 is 0 Å². The Labute approximate surface area is 264 Å². The number of aryl methyl sites for hydroxylation is 2. The van der Waals surface area contributed by atoms with Crippen molar-refractivity contribution in [2.75, 3.05) is 57.5 Å². The number of nitrogens with one attached hydrogen (secondary N) is 1. The van der Waals surface area contributed by atoms with Crippen molar-refractivity contribution >= 4 is 28.3 Å². The van der Waals surface area contributed by atoms with Crippen molar-refractivity contribution < 1.29 is 61.1 Å². The Morgan fingerprint density at radius 2 is 1.19 bits per heavy atom. The van der Waals surface area contributed by atoms with Crippen molar-refractivity contribution in [3.8, 4) is 0 Å². The standard InChI is InChI=1S/C14H19NO2.C7H7I.C7H13NO2.2W/c1-12-3-2-4-13(11-12)15-7-5-14(6-8-15)16-9-10-17-14;1-6-3-2-4-7(8)5-6;1-3-8-4-2-7(1)9-5-6-10-7;;/h2-4,11H,5-10H2,1H3;2-5H,1H3;8H,1-6H2;;. The van der Waals surface area contributed by atoms with Gasteiger partial charge in [-0.25, -0.2) is 0 Å². The Morgan fingerprint density at radius 1 is 0.703 bits per heavy atom. The van der Waals surface area contributed by atoms with Crippen molar-refractivity contribution in [3.63, 3.8) is 0 Å². The predicted octanol–water partition coefficient (Wildman–Crippen LogP) is 5.05. The Bertz CT molecular complexity index is 905. The van der Waals surface area contributed by atoms with Crippen LogP contribution in [0.2, 0.25) is 0 Å². The van der Waals surface area contributed by atoms with Crippen LogP contribution >= 0.6 is 22.6 Å². The zero-order valence-corrected chi connectivity index (χ0v) is 29.9. The van der Waals surface area contributed by atoms with Crippen molar-refractivity contribution in [1.29, 1.82) is 0 Å². The molecule has 2 aromatic carbocycles. The van der Waals surface area contributed by atoms with Gasteiger partial charge in [-0.05, 0) is 66.3 Å². The first-order valence-electron chi connectivity index (χ1n) is 12.8. The molecule has 4 aliphatic heterocycles. The van der Waals surface area contributed by atoms with E-state index in [4.69, 9.17) is 18.9 Å². The normalized spacial score (nSPS) is 21.1. The molecule has 4 saturated heterocycles. The summed E-state index contributed by atoms with van der Waals surface area (Å²) in [4.78, 5) is 2.42. The van der Waals surface area contributed by atoms with Gasteiger partial charge in [-0.15, -0.1) is 0 Å². The Kier molecular flexibility index (Phi) is 14.8. The van der Waals surface area contributed by atoms with Crippen LogP contribution in [0.25, 0.3) is 0 Å². The molecule has 9 heteroatoms. The van der Waals surface area contributed by atoms with Crippen molar-refractivity contribution in [3.05, 3.63) is 63.2 Å². The molecule has 6 nitrogen and oxygen atoms in total. The zero-order valence-electron chi connectivity index (χ0n) is 21.9. The predicted molar refractivity (Wildman–Crippen MR) is 148 cm³/mol. The topological polar surface area (TPSA) is 52.2 Å². The summed E-state index contributed by atoms with van der Waals surface area (Å²) in [5, 5.41) is 3.28. The number of nitrogens with zero attached hydrogens (tertiary/aromatic N) is 1. The average molecular weight is 962 g/mol. The van der Waals surface area contributed by atoms with Crippen LogP contribution in [0.1, 0.15) is 36.8 Å². The second kappa shape index (κ2) is 16.4. The first kappa shape index (κ1) is 33.4. The number of benzene rings is 2. The fourth-order valence-electron chi connectivity index (χ4n) is 4.91. The average Bonchev–Trinajstić information content (AvgIpc) is 3.51. The summed E-state index contributed by atoms with van der Waals surface area (Å²) in [6.07, 6.45) is 3.96. The van der Waals surface area contributed by atoms with E-state index < -0.39 is 0 Å². The Hall–Kier alpha value is 0.147. The molecule has 37 heavy (non-hydrogen) atoms. The van der Waals surface area contributed by atoms with E-state index in [1.807, 2.05) is 0 Å². The summed E-state index contributed by atoms with van der Waals surface area (Å²) < 4.78 is 23.8. The number of rotatable bonds is 1. The summed E-state index contributed by atoms with van der Waals surface area (Å²) >= 11 is 2.31. The van der Waals surface area contributed by atoms with Gasteiger partial charge in [0.2, 0.25) is 0 Å². The van der Waals surface area contributed by atoms with Crippen molar-refractivity contribution in [2.45, 2.75) is 51.1 Å². The maximum absolute atomic E-state index is 5.74. The maximum atomic E-state index is 5.74. The largest absolute Gasteiger partial charge is 0.371 e. The summed E-state index contributed by atoms with van der Waals surface area (Å²) in [6.45, 7) is 11.4. The zero-order chi connectivity index (χ0) is 24.6. The minimum absolute atomic E-state index is 0. The number of ether oxygens (including phenoxy) is 4. The Balaban J connectivity index is 0.000000207. The van der Waals surface area contributed by atoms with Gasteiger partial charge in [0.15, 0.2) is 11.6 Å². The number of hydrogen-bond donors (Lipinski definition) is 1. The van der Waals surface area contributed by atoms with Gasteiger partial charge in [-0.3, -0.25) is 0 Å². The van der Waals surface area contributed by atoms with Crippen LogP contribution < -0.4 is 10.2 Å². The van der Waals surface area contributed by atoms with E-state index in [-0.39, 0.29) is 53.7 Å². The second-order valence-corrected chi connectivity index (χ2v) is 10.8. The third kappa shape index (κ3) is 10.2. The van der Waals surface area contributed by atoms with Gasteiger partial charge in [0.05, 0.1) is 26.4 Å². The minimum Gasteiger partial charge on any atom is -0.371 e. The third-order valence-electron chi connectivity index (χ3n) is 6.86. The molecule has 1 N–H and O–H groups in total. The first-order valence-corrected chi connectivity index (χ1v) is 13.9. The summed E-state index contributed by atoms with van der Waals surface area (Å²) in [5.74, 6) is -0.453. The molecule has 0 radical (unpaired) electrons. The molecular formula is C28H39IN2O4W2. The van der Waals surface area contributed by atoms with E-state index in [1.54, 1.807) is 0 Å². The molecule has 2 aromatic rings. The smallest absolute Gasteiger partial charge is 0.171 e. The molecule has 6 rings (SSSR count). The molecule has 0 saturated carbocycles. The monoisotopic (exact) mass is 962 g/mol. The number of anilines is 1. The maximum Gasteiger partial charge on any atom is 0.171 e. The van der Waals surface area contributed by atoms with E-state index in [0.29, 0.717) is 0 Å². The number of halogens is 1. The molecular weight excluding hydrogens is 923 g/mol. The number of piperidine rings is 2. The van der Waals surface area contributed by atoms with E-state index in [1.165, 1.54) is 20.4 Å². The Morgan fingerprint density at radius 3 is 1.65 bits per heavy atom. The molecule has 0 aliphatic carbocycles. The molecule has 4 aliphatic rings. The molecule has 4 heterocycles. The van der Waals surface area contributed by atoms with Crippen LogP contribution in [-0.2, 0) is 61.1 Å². The van der Waals surface area contributed by atoms with Crippen LogP contribution in [0.3, 0.4) is 0 Å². The molecule has 0 amide bonds. The van der Waals surface area contributed by atoms with Crippen molar-refractivity contribution in [1.82, 2.24) is 5.32 Å². The van der Waals surface area contributed by atoms with E-state index in [2.05, 4.69) is 95.2 Å². The van der Waals surface area contributed by atoms with Crippen LogP contribution in [0.15, 0.2) is 48.5 Å². The fourth-order valence-corrected chi connectivity index (χ4v) is 5.61. The molecule has 2 spiro atoms. The van der Waals surface area contributed by atoms with Gasteiger partial charge in [-0.2, -0.15) is 0 Å². The van der Waals surface area contributed by atoms with Crippen LogP contribution in [0.5, 0.6) is 0 Å². The van der Waals surface area contributed by atoms with Gasteiger partial charge in [0, 0.05) is 103 Å². The van der Waals surface area contributed by atoms with E-state index >= 15 is 0 Å². The van der Waals surface area contributed by atoms with Crippen LogP contribution in [-0.4, -0.2) is 64.2 Å². The quantitative estimate of drug-likeness (QED) is 0.405. The minimum atomic E-state index is -0.264. The van der Waals surface area contributed by atoms with Crippen LogP contribution in [0, 0.1) is 17.4 Å². The number of hydrogen-bond acceptors (Lipinski definition) is 6. The second-order valence-electron chi connectivity index (χ2n) is 9.59. The van der Waals surface area contributed by atoms with Gasteiger partial charge in [-0.1, -0.05) is 29.8 Å². The van der Waals surface area contributed by atoms with Gasteiger partial charge < -0.3 is 29.2 Å². The molecule has 0 bridgehead atoms. The third-order valence-corrected chi connectivity index (χ3v) is 7.54. The summed E-state index contributed by atoms with van der Waals surface area (Å²) in [6, 6.07) is 17.1. The summed E-state index contributed by atoms with van der Waals surface area (Å²) in [7, 11) is 0. The van der Waals surface area contributed by atoms with Crippen molar-refractivity contribution in [2.24, 2.45) is 0 Å². The molecule has 204 valence electrons. The molecule has 0 aromatic heterocycles. The summed E-state index contributed by atoms with van der Waals surface area (Å²) in [5.41, 5.74) is 3.96. The van der Waals surface area contributed by atoms with Gasteiger partial charge in [0.1, 0.15) is 0 Å². The molecule has 4 fully saturated rings. The molecule has 0 atom stereocenters. The van der Waals surface area contributed by atoms with E-state index in [0.717, 1.165) is 78.3 Å². The van der Waals surface area contributed by atoms with Gasteiger partial charge in [0.25, 0.3) is 0 Å². The SMILES string of the molecule is C1CC2(CCN1)OCCO2.Cc1cccc(I)c1.Cc1cccc(N2CCC3(CC2)OCCO3)c1.[W].[W]. The van der Waals surface area contributed by atoms with E-state index in [9.17, 15) is 0 Å². The first-order chi connectivity index (χ1) is 17.0. The molecule has 0 unspecified atom stereocenters. The fraction of sp³-hybridized carbons (Fsp3) is 0.571. The van der Waals surface area contributed by atoms with Crippen LogP contribution in [0.4, 0.5) is 5.69 Å².